The minimum absolute atomic E-state index is 0.0809. The molecule has 1 heterocycles. The molecule has 0 N–H and O–H groups in total. The van der Waals surface area contributed by atoms with Crippen molar-refractivity contribution in [2.45, 2.75) is 32.4 Å². The summed E-state index contributed by atoms with van der Waals surface area (Å²) in [6, 6.07) is 5.61. The van der Waals surface area contributed by atoms with Gasteiger partial charge in [-0.2, -0.15) is 0 Å². The lowest BCUT2D eigenvalue weighted by Crippen LogP contribution is -2.50. The highest BCUT2D eigenvalue weighted by Crippen LogP contribution is 2.25. The van der Waals surface area contributed by atoms with Gasteiger partial charge >= 0.3 is 0 Å². The SMILES string of the molecule is COc1ccc(OC)c(CC(=O)N2CC(C)OCC2C)c1. The molecule has 2 atom stereocenters. The standard InChI is InChI=1S/C16H23NO4/c1-11-10-21-12(2)9-17(11)16(18)8-13-7-14(19-3)5-6-15(13)20-4/h5-7,11-12H,8-10H2,1-4H3. The first-order valence-corrected chi connectivity index (χ1v) is 7.17. The molecule has 0 bridgehead atoms. The number of carbonyl (C=O) groups excluding carboxylic acids is 1. The molecule has 5 heteroatoms. The van der Waals surface area contributed by atoms with Crippen LogP contribution < -0.4 is 9.47 Å². The lowest BCUT2D eigenvalue weighted by Gasteiger charge is -2.37. The van der Waals surface area contributed by atoms with E-state index in [0.717, 1.165) is 11.3 Å². The number of benzene rings is 1. The number of morpholine rings is 1. The summed E-state index contributed by atoms with van der Waals surface area (Å²) in [5, 5.41) is 0. The fourth-order valence-corrected chi connectivity index (χ4v) is 2.54. The number of ether oxygens (including phenoxy) is 3. The van der Waals surface area contributed by atoms with E-state index in [0.29, 0.717) is 25.3 Å². The van der Waals surface area contributed by atoms with E-state index >= 15 is 0 Å². The number of nitrogens with zero attached hydrogens (tertiary/aromatic N) is 1. The molecule has 116 valence electrons. The molecule has 0 saturated carbocycles. The summed E-state index contributed by atoms with van der Waals surface area (Å²) in [4.78, 5) is 14.4. The van der Waals surface area contributed by atoms with E-state index in [1.165, 1.54) is 0 Å². The number of methoxy groups -OCH3 is 2. The minimum atomic E-state index is 0.0809. The Labute approximate surface area is 125 Å². The van der Waals surface area contributed by atoms with E-state index in [9.17, 15) is 4.79 Å². The summed E-state index contributed by atoms with van der Waals surface area (Å²) in [6.07, 6.45) is 0.384. The van der Waals surface area contributed by atoms with Gasteiger partial charge in [-0.25, -0.2) is 0 Å². The Bertz CT molecular complexity index is 503. The van der Waals surface area contributed by atoms with Crippen LogP contribution in [0.25, 0.3) is 0 Å². The first kappa shape index (κ1) is 15.6. The molecule has 2 unspecified atom stereocenters. The number of rotatable bonds is 4. The molecule has 1 aliphatic heterocycles. The van der Waals surface area contributed by atoms with E-state index in [-0.39, 0.29) is 18.1 Å². The van der Waals surface area contributed by atoms with Crippen LogP contribution in [0.1, 0.15) is 19.4 Å². The van der Waals surface area contributed by atoms with Gasteiger partial charge < -0.3 is 19.1 Å². The van der Waals surface area contributed by atoms with Crippen LogP contribution in [0.15, 0.2) is 18.2 Å². The van der Waals surface area contributed by atoms with Crippen molar-refractivity contribution in [2.75, 3.05) is 27.4 Å². The maximum atomic E-state index is 12.6. The summed E-state index contributed by atoms with van der Waals surface area (Å²) in [6.45, 7) is 5.21. The van der Waals surface area contributed by atoms with Crippen molar-refractivity contribution >= 4 is 5.91 Å². The molecular weight excluding hydrogens is 270 g/mol. The fraction of sp³-hybridized carbons (Fsp3) is 0.562. The molecule has 1 amide bonds. The number of hydrogen-bond acceptors (Lipinski definition) is 4. The molecule has 21 heavy (non-hydrogen) atoms. The highest BCUT2D eigenvalue weighted by molar-refractivity contribution is 5.80. The van der Waals surface area contributed by atoms with Crippen molar-refractivity contribution in [1.29, 1.82) is 0 Å². The van der Waals surface area contributed by atoms with E-state index in [4.69, 9.17) is 14.2 Å². The molecule has 0 radical (unpaired) electrons. The van der Waals surface area contributed by atoms with Crippen molar-refractivity contribution in [3.63, 3.8) is 0 Å². The molecule has 1 saturated heterocycles. The Morgan fingerprint density at radius 2 is 2.10 bits per heavy atom. The van der Waals surface area contributed by atoms with Gasteiger partial charge in [-0.15, -0.1) is 0 Å². The van der Waals surface area contributed by atoms with Crippen molar-refractivity contribution in [2.24, 2.45) is 0 Å². The molecule has 0 aliphatic carbocycles. The zero-order valence-electron chi connectivity index (χ0n) is 13.1. The van der Waals surface area contributed by atoms with Gasteiger partial charge in [0.1, 0.15) is 11.5 Å². The first-order chi connectivity index (χ1) is 10.0. The van der Waals surface area contributed by atoms with Crippen LogP contribution in [0, 0.1) is 0 Å². The smallest absolute Gasteiger partial charge is 0.227 e. The van der Waals surface area contributed by atoms with Gasteiger partial charge in [0, 0.05) is 12.1 Å². The third-order valence-corrected chi connectivity index (χ3v) is 3.76. The largest absolute Gasteiger partial charge is 0.497 e. The molecule has 1 aromatic carbocycles. The van der Waals surface area contributed by atoms with Crippen molar-refractivity contribution in [3.8, 4) is 11.5 Å². The summed E-state index contributed by atoms with van der Waals surface area (Å²) >= 11 is 0. The topological polar surface area (TPSA) is 48.0 Å². The molecular formula is C16H23NO4. The summed E-state index contributed by atoms with van der Waals surface area (Å²) in [7, 11) is 3.22. The maximum Gasteiger partial charge on any atom is 0.227 e. The highest BCUT2D eigenvalue weighted by atomic mass is 16.5. The third-order valence-electron chi connectivity index (χ3n) is 3.76. The molecule has 5 nitrogen and oxygen atoms in total. The summed E-state index contributed by atoms with van der Waals surface area (Å²) in [5.41, 5.74) is 0.841. The van der Waals surface area contributed by atoms with Crippen molar-refractivity contribution in [1.82, 2.24) is 4.90 Å². The van der Waals surface area contributed by atoms with Crippen LogP contribution >= 0.6 is 0 Å². The van der Waals surface area contributed by atoms with Gasteiger partial charge in [0.25, 0.3) is 0 Å². The van der Waals surface area contributed by atoms with Gasteiger partial charge in [0.2, 0.25) is 5.91 Å². The van der Waals surface area contributed by atoms with Gasteiger partial charge in [-0.3, -0.25) is 4.79 Å². The Morgan fingerprint density at radius 3 is 2.76 bits per heavy atom. The Morgan fingerprint density at radius 1 is 1.33 bits per heavy atom. The molecule has 0 aromatic heterocycles. The van der Waals surface area contributed by atoms with Crippen LogP contribution in [0.3, 0.4) is 0 Å². The fourth-order valence-electron chi connectivity index (χ4n) is 2.54. The van der Waals surface area contributed by atoms with Gasteiger partial charge in [0.05, 0.1) is 39.4 Å². The zero-order valence-corrected chi connectivity index (χ0v) is 13.1. The van der Waals surface area contributed by atoms with E-state index in [2.05, 4.69) is 0 Å². The van der Waals surface area contributed by atoms with E-state index in [1.807, 2.05) is 36.9 Å². The van der Waals surface area contributed by atoms with Crippen molar-refractivity contribution in [3.05, 3.63) is 23.8 Å². The van der Waals surface area contributed by atoms with Crippen LogP contribution in [-0.4, -0.2) is 50.3 Å². The van der Waals surface area contributed by atoms with Crippen LogP contribution in [-0.2, 0) is 16.0 Å². The maximum absolute atomic E-state index is 12.6. The monoisotopic (exact) mass is 293 g/mol. The van der Waals surface area contributed by atoms with Gasteiger partial charge in [-0.1, -0.05) is 0 Å². The van der Waals surface area contributed by atoms with E-state index < -0.39 is 0 Å². The average Bonchev–Trinajstić information content (AvgIpc) is 2.49. The summed E-state index contributed by atoms with van der Waals surface area (Å²) < 4.78 is 16.1. The number of carbonyl (C=O) groups is 1. The predicted molar refractivity (Wildman–Crippen MR) is 79.8 cm³/mol. The molecule has 0 spiro atoms. The van der Waals surface area contributed by atoms with Crippen LogP contribution in [0.5, 0.6) is 11.5 Å². The zero-order chi connectivity index (χ0) is 15.4. The van der Waals surface area contributed by atoms with Crippen LogP contribution in [0.2, 0.25) is 0 Å². The Kier molecular flexibility index (Phi) is 5.07. The second-order valence-corrected chi connectivity index (χ2v) is 5.39. The quantitative estimate of drug-likeness (QED) is 0.850. The third kappa shape index (κ3) is 3.67. The Balaban J connectivity index is 2.14. The number of hydrogen-bond donors (Lipinski definition) is 0. The first-order valence-electron chi connectivity index (χ1n) is 7.17. The minimum Gasteiger partial charge on any atom is -0.497 e. The predicted octanol–water partition coefficient (Wildman–Crippen LogP) is 1.88. The lowest BCUT2D eigenvalue weighted by molar-refractivity contribution is -0.142. The normalized spacial score (nSPS) is 22.0. The van der Waals surface area contributed by atoms with Gasteiger partial charge in [0.15, 0.2) is 0 Å². The average molecular weight is 293 g/mol. The van der Waals surface area contributed by atoms with Crippen molar-refractivity contribution < 1.29 is 19.0 Å². The highest BCUT2D eigenvalue weighted by Gasteiger charge is 2.27. The van der Waals surface area contributed by atoms with Gasteiger partial charge in [-0.05, 0) is 32.0 Å². The second-order valence-electron chi connectivity index (χ2n) is 5.39. The number of amides is 1. The van der Waals surface area contributed by atoms with E-state index in [1.54, 1.807) is 14.2 Å². The molecule has 2 rings (SSSR count). The second kappa shape index (κ2) is 6.80. The van der Waals surface area contributed by atoms with Crippen LogP contribution in [0.4, 0.5) is 0 Å². The lowest BCUT2D eigenvalue weighted by atomic mass is 10.1. The molecule has 1 fully saturated rings. The molecule has 1 aliphatic rings. The summed E-state index contributed by atoms with van der Waals surface area (Å²) in [5.74, 6) is 1.52. The Hall–Kier alpha value is -1.75. The molecule has 1 aromatic rings.